The van der Waals surface area contributed by atoms with Gasteiger partial charge in [0.2, 0.25) is 0 Å². The summed E-state index contributed by atoms with van der Waals surface area (Å²) in [5, 5.41) is 3.45. The molecular formula is C19H26ClN3O3S. The molecule has 8 heteroatoms. The first-order chi connectivity index (χ1) is 12.7. The number of nitrogens with zero attached hydrogens (tertiary/aromatic N) is 2. The first-order valence-electron chi connectivity index (χ1n) is 9.39. The van der Waals surface area contributed by atoms with Gasteiger partial charge in [-0.2, -0.15) is 0 Å². The Labute approximate surface area is 170 Å². The zero-order valence-corrected chi connectivity index (χ0v) is 16.9. The molecule has 3 aliphatic heterocycles. The van der Waals surface area contributed by atoms with Gasteiger partial charge in [0.05, 0.1) is 5.88 Å². The van der Waals surface area contributed by atoms with Gasteiger partial charge < -0.3 is 15.0 Å². The average molecular weight is 412 g/mol. The molecule has 0 aliphatic carbocycles. The number of hydrogen-bond donors (Lipinski definition) is 1. The number of rotatable bonds is 7. The minimum Gasteiger partial charge on any atom is -0.489 e. The molecule has 3 heterocycles. The molecule has 3 amide bonds. The van der Waals surface area contributed by atoms with Crippen LogP contribution in [0.1, 0.15) is 24.8 Å². The predicted molar refractivity (Wildman–Crippen MR) is 109 cm³/mol. The minimum atomic E-state index is -0.211. The number of fused-ring (bicyclic) bond motifs is 2. The summed E-state index contributed by atoms with van der Waals surface area (Å²) in [7, 11) is 0. The van der Waals surface area contributed by atoms with E-state index >= 15 is 0 Å². The highest BCUT2D eigenvalue weighted by Gasteiger charge is 2.47. The normalized spacial score (nSPS) is 23.7. The number of nitrogens with one attached hydrogen (secondary N) is 1. The van der Waals surface area contributed by atoms with Crippen molar-refractivity contribution in [2.45, 2.75) is 37.8 Å². The van der Waals surface area contributed by atoms with Crippen molar-refractivity contribution in [3.8, 4) is 5.75 Å². The third-order valence-corrected chi connectivity index (χ3v) is 6.28. The van der Waals surface area contributed by atoms with Crippen LogP contribution < -0.4 is 10.1 Å². The monoisotopic (exact) mass is 411 g/mol. The van der Waals surface area contributed by atoms with Crippen LogP contribution in [0.3, 0.4) is 0 Å². The SMILES string of the molecule is Cl.O=C1C2CSCN2C(=O)N1CCCCNCC1CCc2ccccc2O1. The molecule has 0 spiro atoms. The molecule has 1 N–H and O–H groups in total. The number of benzene rings is 1. The molecule has 0 saturated carbocycles. The fourth-order valence-electron chi connectivity index (χ4n) is 3.78. The highest BCUT2D eigenvalue weighted by molar-refractivity contribution is 7.99. The van der Waals surface area contributed by atoms with Crippen LogP contribution in [0, 0.1) is 0 Å². The quantitative estimate of drug-likeness (QED) is 0.551. The molecule has 1 aromatic carbocycles. The van der Waals surface area contributed by atoms with Crippen molar-refractivity contribution < 1.29 is 14.3 Å². The molecule has 2 fully saturated rings. The van der Waals surface area contributed by atoms with Gasteiger partial charge in [-0.25, -0.2) is 4.79 Å². The summed E-state index contributed by atoms with van der Waals surface area (Å²) in [4.78, 5) is 27.6. The van der Waals surface area contributed by atoms with E-state index in [4.69, 9.17) is 4.74 Å². The number of halogens is 1. The van der Waals surface area contributed by atoms with Gasteiger partial charge in [-0.15, -0.1) is 24.2 Å². The molecule has 1 aromatic rings. The van der Waals surface area contributed by atoms with Crippen LogP contribution in [-0.2, 0) is 11.2 Å². The van der Waals surface area contributed by atoms with Crippen LogP contribution in [0.25, 0.3) is 0 Å². The molecule has 27 heavy (non-hydrogen) atoms. The Morgan fingerprint density at radius 3 is 2.93 bits per heavy atom. The van der Waals surface area contributed by atoms with E-state index in [2.05, 4.69) is 17.4 Å². The Bertz CT molecular complexity index is 668. The van der Waals surface area contributed by atoms with Crippen molar-refractivity contribution in [3.05, 3.63) is 29.8 Å². The molecule has 2 atom stereocenters. The number of thioether (sulfide) groups is 1. The number of amides is 3. The largest absolute Gasteiger partial charge is 0.489 e. The van der Waals surface area contributed by atoms with E-state index in [-0.39, 0.29) is 36.5 Å². The lowest BCUT2D eigenvalue weighted by atomic mass is 10.0. The third-order valence-electron chi connectivity index (χ3n) is 5.27. The molecule has 2 saturated heterocycles. The molecule has 0 radical (unpaired) electrons. The van der Waals surface area contributed by atoms with E-state index in [1.54, 1.807) is 16.7 Å². The van der Waals surface area contributed by atoms with E-state index < -0.39 is 0 Å². The van der Waals surface area contributed by atoms with Crippen LogP contribution in [0.15, 0.2) is 24.3 Å². The molecule has 148 valence electrons. The van der Waals surface area contributed by atoms with Gasteiger partial charge in [-0.05, 0) is 43.9 Å². The Balaban J connectivity index is 0.00000210. The number of unbranched alkanes of at least 4 members (excludes halogenated alkanes) is 1. The molecule has 6 nitrogen and oxygen atoms in total. The second-order valence-electron chi connectivity index (χ2n) is 7.06. The minimum absolute atomic E-state index is 0. The molecular weight excluding hydrogens is 386 g/mol. The maximum Gasteiger partial charge on any atom is 0.328 e. The number of ether oxygens (including phenoxy) is 1. The van der Waals surface area contributed by atoms with Crippen molar-refractivity contribution in [2.24, 2.45) is 0 Å². The topological polar surface area (TPSA) is 61.9 Å². The molecule has 4 rings (SSSR count). The highest BCUT2D eigenvalue weighted by Crippen LogP contribution is 2.29. The highest BCUT2D eigenvalue weighted by atomic mass is 35.5. The van der Waals surface area contributed by atoms with Crippen LogP contribution in [-0.4, -0.2) is 65.1 Å². The van der Waals surface area contributed by atoms with Crippen molar-refractivity contribution >= 4 is 36.1 Å². The zero-order valence-electron chi connectivity index (χ0n) is 15.3. The van der Waals surface area contributed by atoms with Gasteiger partial charge in [0, 0.05) is 18.8 Å². The smallest absolute Gasteiger partial charge is 0.328 e. The van der Waals surface area contributed by atoms with Gasteiger partial charge in [0.1, 0.15) is 17.9 Å². The van der Waals surface area contributed by atoms with Gasteiger partial charge in [-0.3, -0.25) is 9.69 Å². The van der Waals surface area contributed by atoms with Gasteiger partial charge in [0.25, 0.3) is 5.91 Å². The van der Waals surface area contributed by atoms with Crippen LogP contribution in [0.2, 0.25) is 0 Å². The van der Waals surface area contributed by atoms with Gasteiger partial charge in [-0.1, -0.05) is 18.2 Å². The van der Waals surface area contributed by atoms with Crippen LogP contribution in [0.5, 0.6) is 5.75 Å². The Hall–Kier alpha value is -1.44. The van der Waals surface area contributed by atoms with Crippen molar-refractivity contribution in [2.75, 3.05) is 31.3 Å². The molecule has 2 unspecified atom stereocenters. The number of urea groups is 1. The van der Waals surface area contributed by atoms with Crippen molar-refractivity contribution in [3.63, 3.8) is 0 Å². The summed E-state index contributed by atoms with van der Waals surface area (Å²) in [6.45, 7) is 2.24. The van der Waals surface area contributed by atoms with Crippen molar-refractivity contribution in [1.82, 2.24) is 15.1 Å². The van der Waals surface area contributed by atoms with E-state index in [0.717, 1.165) is 50.3 Å². The summed E-state index contributed by atoms with van der Waals surface area (Å²) >= 11 is 1.66. The van der Waals surface area contributed by atoms with E-state index in [9.17, 15) is 9.59 Å². The fraction of sp³-hybridized carbons (Fsp3) is 0.579. The number of para-hydroxylation sites is 1. The van der Waals surface area contributed by atoms with E-state index in [0.29, 0.717) is 12.4 Å². The lowest BCUT2D eigenvalue weighted by Gasteiger charge is -2.26. The number of hydrogen-bond acceptors (Lipinski definition) is 5. The van der Waals surface area contributed by atoms with Gasteiger partial charge in [0.15, 0.2) is 0 Å². The summed E-state index contributed by atoms with van der Waals surface area (Å²) < 4.78 is 6.02. The second kappa shape index (κ2) is 9.17. The predicted octanol–water partition coefficient (Wildman–Crippen LogP) is 2.51. The zero-order chi connectivity index (χ0) is 17.9. The van der Waals surface area contributed by atoms with Crippen molar-refractivity contribution in [1.29, 1.82) is 0 Å². The summed E-state index contributed by atoms with van der Waals surface area (Å²) in [6, 6.07) is 7.92. The maximum atomic E-state index is 12.2. The summed E-state index contributed by atoms with van der Waals surface area (Å²) in [6.07, 6.45) is 4.11. The third kappa shape index (κ3) is 4.36. The number of aryl methyl sites for hydroxylation is 1. The second-order valence-corrected chi connectivity index (χ2v) is 8.06. The van der Waals surface area contributed by atoms with E-state index in [1.807, 2.05) is 12.1 Å². The van der Waals surface area contributed by atoms with Gasteiger partial charge >= 0.3 is 6.03 Å². The first-order valence-corrected chi connectivity index (χ1v) is 10.5. The Morgan fingerprint density at radius 1 is 1.22 bits per heavy atom. The summed E-state index contributed by atoms with van der Waals surface area (Å²) in [5.41, 5.74) is 1.29. The Morgan fingerprint density at radius 2 is 2.07 bits per heavy atom. The summed E-state index contributed by atoms with van der Waals surface area (Å²) in [5.74, 6) is 2.39. The molecule has 3 aliphatic rings. The maximum absolute atomic E-state index is 12.2. The lowest BCUT2D eigenvalue weighted by Crippen LogP contribution is -2.35. The lowest BCUT2D eigenvalue weighted by molar-refractivity contribution is -0.127. The first kappa shape index (κ1) is 20.3. The number of imide groups is 1. The van der Waals surface area contributed by atoms with E-state index in [1.165, 1.54) is 10.5 Å². The average Bonchev–Trinajstić information content (AvgIpc) is 3.23. The molecule has 0 aromatic heterocycles. The Kier molecular flexibility index (Phi) is 6.89. The number of carbonyl (C=O) groups is 2. The van der Waals surface area contributed by atoms with Crippen LogP contribution in [0.4, 0.5) is 4.79 Å². The molecule has 0 bridgehead atoms. The number of carbonyl (C=O) groups excluding carboxylic acids is 2. The fourth-order valence-corrected chi connectivity index (χ4v) is 4.92. The van der Waals surface area contributed by atoms with Crippen LogP contribution >= 0.6 is 24.2 Å². The standard InChI is InChI=1S/C19H25N3O3S.ClH/c23-18-16-12-26-13-22(16)19(24)21(18)10-4-3-9-20-11-15-8-7-14-5-1-2-6-17(14)25-15;/h1-2,5-6,15-16,20H,3-4,7-13H2;1H.